The van der Waals surface area contributed by atoms with Crippen LogP contribution in [0.15, 0.2) is 79.0 Å². The lowest BCUT2D eigenvalue weighted by Gasteiger charge is -2.31. The Morgan fingerprint density at radius 1 is 0.933 bits per heavy atom. The molecule has 1 aliphatic rings. The van der Waals surface area contributed by atoms with Crippen molar-refractivity contribution in [3.8, 4) is 22.4 Å². The van der Waals surface area contributed by atoms with Crippen molar-refractivity contribution in [2.75, 3.05) is 19.7 Å². The molecule has 2 amide bonds. The molecule has 3 heterocycles. The number of halogens is 2. The Labute approximate surface area is 272 Å². The topological polar surface area (TPSA) is 89.4 Å². The molecule has 0 bridgehead atoms. The largest absolute Gasteiger partial charge is 0.450 e. The van der Waals surface area contributed by atoms with Crippen LogP contribution in [0.1, 0.15) is 41.6 Å². The van der Waals surface area contributed by atoms with Gasteiger partial charge in [-0.1, -0.05) is 53.5 Å². The van der Waals surface area contributed by atoms with E-state index >= 15 is 0 Å². The molecule has 230 valence electrons. The normalized spacial score (nSPS) is 13.6. The number of likely N-dealkylation sites (tertiary alicyclic amines) is 1. The number of nitrogens with zero attached hydrogens (tertiary/aromatic N) is 4. The Morgan fingerprint density at radius 3 is 2.44 bits per heavy atom. The third kappa shape index (κ3) is 6.97. The zero-order valence-corrected chi connectivity index (χ0v) is 26.6. The van der Waals surface area contributed by atoms with Gasteiger partial charge in [0, 0.05) is 59.8 Å². The van der Waals surface area contributed by atoms with Gasteiger partial charge in [0.1, 0.15) is 11.5 Å². The first-order valence-corrected chi connectivity index (χ1v) is 15.7. The summed E-state index contributed by atoms with van der Waals surface area (Å²) in [6.07, 6.45) is 3.62. The number of hydrogen-bond donors (Lipinski definition) is 1. The number of hydrogen-bond acceptors (Lipinski definition) is 5. The van der Waals surface area contributed by atoms with E-state index in [4.69, 9.17) is 37.9 Å². The first-order valence-electron chi connectivity index (χ1n) is 15.0. The fraction of sp³-hybridized carbons (Fsp3) is 0.257. The third-order valence-electron chi connectivity index (χ3n) is 8.07. The highest BCUT2D eigenvalue weighted by Gasteiger charge is 2.25. The summed E-state index contributed by atoms with van der Waals surface area (Å²) in [6.45, 7) is 3.19. The summed E-state index contributed by atoms with van der Waals surface area (Å²) in [5.41, 5.74) is 5.75. The van der Waals surface area contributed by atoms with E-state index in [1.54, 1.807) is 11.8 Å². The van der Waals surface area contributed by atoms with Gasteiger partial charge in [-0.2, -0.15) is 0 Å². The second-order valence-electron chi connectivity index (χ2n) is 11.2. The van der Waals surface area contributed by atoms with Crippen LogP contribution in [0.5, 0.6) is 0 Å². The Morgan fingerprint density at radius 2 is 1.71 bits per heavy atom. The maximum absolute atomic E-state index is 13.5. The van der Waals surface area contributed by atoms with E-state index in [9.17, 15) is 9.59 Å². The summed E-state index contributed by atoms with van der Waals surface area (Å²) in [7, 11) is 1.99. The number of carbonyl (C=O) groups excluding carboxylic acids is 2. The molecule has 0 spiro atoms. The van der Waals surface area contributed by atoms with Gasteiger partial charge >= 0.3 is 6.09 Å². The second-order valence-corrected chi connectivity index (χ2v) is 12.1. The van der Waals surface area contributed by atoms with Crippen LogP contribution < -0.4 is 5.32 Å². The number of carbonyl (C=O) groups is 2. The average molecular weight is 643 g/mol. The molecule has 6 rings (SSSR count). The van der Waals surface area contributed by atoms with E-state index in [1.807, 2.05) is 84.5 Å². The lowest BCUT2D eigenvalue weighted by Crippen LogP contribution is -2.46. The van der Waals surface area contributed by atoms with Crippen molar-refractivity contribution >= 4 is 46.1 Å². The van der Waals surface area contributed by atoms with Gasteiger partial charge in [0.15, 0.2) is 0 Å². The van der Waals surface area contributed by atoms with Crippen molar-refractivity contribution in [3.05, 3.63) is 106 Å². The summed E-state index contributed by atoms with van der Waals surface area (Å²) in [5.74, 6) is 0.670. The lowest BCUT2D eigenvalue weighted by atomic mass is 9.97. The Balaban J connectivity index is 1.28. The van der Waals surface area contributed by atoms with Crippen LogP contribution in [0.3, 0.4) is 0 Å². The summed E-state index contributed by atoms with van der Waals surface area (Å²) in [4.78, 5) is 36.9. The maximum Gasteiger partial charge on any atom is 0.409 e. The van der Waals surface area contributed by atoms with Crippen LogP contribution in [0.4, 0.5) is 4.79 Å². The predicted octanol–water partition coefficient (Wildman–Crippen LogP) is 7.55. The van der Waals surface area contributed by atoms with Crippen LogP contribution in [0, 0.1) is 0 Å². The molecule has 5 aromatic rings. The smallest absolute Gasteiger partial charge is 0.409 e. The predicted molar refractivity (Wildman–Crippen MR) is 178 cm³/mol. The fourth-order valence-electron chi connectivity index (χ4n) is 5.69. The quantitative estimate of drug-likeness (QED) is 0.198. The third-order valence-corrected chi connectivity index (χ3v) is 8.56. The molecule has 2 aromatic heterocycles. The number of amides is 2. The molecule has 1 N–H and O–H groups in total. The van der Waals surface area contributed by atoms with E-state index in [-0.39, 0.29) is 18.0 Å². The number of rotatable bonds is 7. The molecule has 8 nitrogen and oxygen atoms in total. The number of fused-ring (bicyclic) bond motifs is 1. The number of ether oxygens (including phenoxy) is 1. The number of benzene rings is 3. The zero-order valence-electron chi connectivity index (χ0n) is 25.1. The summed E-state index contributed by atoms with van der Waals surface area (Å²) in [5, 5.41) is 5.34. The van der Waals surface area contributed by atoms with E-state index in [2.05, 4.69) is 11.4 Å². The minimum Gasteiger partial charge on any atom is -0.450 e. The molecule has 1 aliphatic heterocycles. The molecule has 1 fully saturated rings. The Bertz CT molecular complexity index is 1860. The number of piperidine rings is 1. The van der Waals surface area contributed by atoms with Crippen molar-refractivity contribution in [2.24, 2.45) is 7.05 Å². The van der Waals surface area contributed by atoms with E-state index in [0.717, 1.165) is 39.2 Å². The first kappa shape index (κ1) is 30.6. The monoisotopic (exact) mass is 641 g/mol. The molecule has 0 aliphatic carbocycles. The van der Waals surface area contributed by atoms with Crippen LogP contribution in [-0.2, 0) is 18.2 Å². The molecule has 45 heavy (non-hydrogen) atoms. The van der Waals surface area contributed by atoms with Gasteiger partial charge in [0.25, 0.3) is 5.91 Å². The van der Waals surface area contributed by atoms with E-state index in [0.29, 0.717) is 60.2 Å². The fourth-order valence-corrected chi connectivity index (χ4v) is 6.00. The number of pyridine rings is 1. The first-order chi connectivity index (χ1) is 21.8. The van der Waals surface area contributed by atoms with Gasteiger partial charge < -0.3 is 19.5 Å². The SMILES string of the molecule is CCOC(=O)N1CCC(NC(=O)c2cc(-c3cccc(Cl)c3)c3cc(Cc4nc(-c5ccc(Cl)cc5)cn4C)ccc3n2)CC1. The van der Waals surface area contributed by atoms with E-state index in [1.165, 1.54) is 0 Å². The number of aryl methyl sites for hydroxylation is 1. The number of imidazole rings is 1. The maximum atomic E-state index is 13.5. The second kappa shape index (κ2) is 13.3. The zero-order chi connectivity index (χ0) is 31.5. The van der Waals surface area contributed by atoms with Gasteiger partial charge in [-0.05, 0) is 78.9 Å². The van der Waals surface area contributed by atoms with Gasteiger partial charge in [-0.25, -0.2) is 14.8 Å². The Hall–Kier alpha value is -4.40. The van der Waals surface area contributed by atoms with Gasteiger partial charge in [-0.15, -0.1) is 0 Å². The molecule has 10 heteroatoms. The van der Waals surface area contributed by atoms with Crippen LogP contribution in [-0.4, -0.2) is 57.2 Å². The minimum atomic E-state index is -0.311. The standard InChI is InChI=1S/C35H33Cl2N5O3/c1-3-45-35(44)42-15-13-27(14-16-42)38-34(43)31-20-28(24-5-4-6-26(37)19-24)29-17-22(7-12-30(29)39-31)18-33-40-32(21-41(33)2)23-8-10-25(36)11-9-23/h4-12,17,19-21,27H,3,13-16,18H2,1-2H3,(H,38,43). The average Bonchev–Trinajstić information content (AvgIpc) is 3.40. The molecule has 1 saturated heterocycles. The van der Waals surface area contributed by atoms with Gasteiger partial charge in [-0.3, -0.25) is 4.79 Å². The van der Waals surface area contributed by atoms with Gasteiger partial charge in [0.05, 0.1) is 17.8 Å². The summed E-state index contributed by atoms with van der Waals surface area (Å²) < 4.78 is 7.15. The van der Waals surface area contributed by atoms with E-state index < -0.39 is 0 Å². The number of nitrogens with one attached hydrogen (secondary N) is 1. The lowest BCUT2D eigenvalue weighted by molar-refractivity contribution is 0.0857. The van der Waals surface area contributed by atoms with Crippen molar-refractivity contribution < 1.29 is 14.3 Å². The highest BCUT2D eigenvalue weighted by Crippen LogP contribution is 2.32. The molecule has 0 unspecified atom stereocenters. The van der Waals surface area contributed by atoms with Crippen LogP contribution in [0.2, 0.25) is 10.0 Å². The summed E-state index contributed by atoms with van der Waals surface area (Å²) >= 11 is 12.5. The minimum absolute atomic E-state index is 0.0618. The molecule has 3 aromatic carbocycles. The molecule has 0 radical (unpaired) electrons. The molecular formula is C35H33Cl2N5O3. The highest BCUT2D eigenvalue weighted by molar-refractivity contribution is 6.31. The Kier molecular flexibility index (Phi) is 9.05. The van der Waals surface area contributed by atoms with Crippen molar-refractivity contribution in [1.82, 2.24) is 24.8 Å². The number of aromatic nitrogens is 3. The molecule has 0 atom stereocenters. The van der Waals surface area contributed by atoms with Crippen LogP contribution in [0.25, 0.3) is 33.3 Å². The van der Waals surface area contributed by atoms with Crippen molar-refractivity contribution in [1.29, 1.82) is 0 Å². The molecule has 0 saturated carbocycles. The van der Waals surface area contributed by atoms with Crippen molar-refractivity contribution in [3.63, 3.8) is 0 Å². The van der Waals surface area contributed by atoms with Gasteiger partial charge in [0.2, 0.25) is 0 Å². The highest BCUT2D eigenvalue weighted by atomic mass is 35.5. The summed E-state index contributed by atoms with van der Waals surface area (Å²) in [6, 6.07) is 23.1. The van der Waals surface area contributed by atoms with Crippen molar-refractivity contribution in [2.45, 2.75) is 32.2 Å². The molecular weight excluding hydrogens is 609 g/mol. The van der Waals surface area contributed by atoms with Crippen LogP contribution >= 0.6 is 23.2 Å².